The van der Waals surface area contributed by atoms with Crippen LogP contribution in [0.1, 0.15) is 22.1 Å². The number of aliphatic hydroxyl groups excluding tert-OH is 1. The molecule has 4 nitrogen and oxygen atoms in total. The summed E-state index contributed by atoms with van der Waals surface area (Å²) in [7, 11) is 0. The molecule has 74 valence electrons. The molecule has 0 bridgehead atoms. The summed E-state index contributed by atoms with van der Waals surface area (Å²) in [6.07, 6.45) is -1.42. The van der Waals surface area contributed by atoms with E-state index in [-0.39, 0.29) is 16.3 Å². The Kier molecular flexibility index (Phi) is 2.10. The minimum absolute atomic E-state index is 0.166. The van der Waals surface area contributed by atoms with Crippen LogP contribution in [-0.2, 0) is 0 Å². The second-order valence-electron chi connectivity index (χ2n) is 2.67. The van der Waals surface area contributed by atoms with E-state index in [4.69, 9.17) is 23.2 Å². The number of amides is 1. The number of pyridine rings is 1. The third-order valence-electron chi connectivity index (χ3n) is 1.86. The summed E-state index contributed by atoms with van der Waals surface area (Å²) in [4.78, 5) is 14.6. The van der Waals surface area contributed by atoms with E-state index in [1.807, 2.05) is 0 Å². The number of carbonyl (C=O) groups is 1. The third-order valence-corrected chi connectivity index (χ3v) is 2.38. The lowest BCUT2D eigenvalue weighted by molar-refractivity contribution is 0.0847. The van der Waals surface area contributed by atoms with Crippen molar-refractivity contribution < 1.29 is 14.3 Å². The zero-order valence-corrected chi connectivity index (χ0v) is 8.03. The van der Waals surface area contributed by atoms with Crippen molar-refractivity contribution in [1.29, 1.82) is 0 Å². The van der Waals surface area contributed by atoms with Gasteiger partial charge in [0.15, 0.2) is 17.2 Å². The van der Waals surface area contributed by atoms with Crippen LogP contribution >= 0.6 is 23.2 Å². The van der Waals surface area contributed by atoms with Crippen molar-refractivity contribution in [2.24, 2.45) is 0 Å². The second-order valence-corrected chi connectivity index (χ2v) is 3.39. The summed E-state index contributed by atoms with van der Waals surface area (Å²) >= 11 is 11.0. The van der Waals surface area contributed by atoms with Gasteiger partial charge in [0.2, 0.25) is 0 Å². The molecule has 1 aromatic rings. The van der Waals surface area contributed by atoms with Crippen LogP contribution in [0.4, 0.5) is 4.39 Å². The molecule has 1 aromatic heterocycles. The minimum Gasteiger partial charge on any atom is -0.369 e. The van der Waals surface area contributed by atoms with Crippen LogP contribution in [0, 0.1) is 5.82 Å². The Morgan fingerprint density at radius 3 is 2.71 bits per heavy atom. The Balaban J connectivity index is 2.79. The van der Waals surface area contributed by atoms with E-state index < -0.39 is 23.1 Å². The molecular weight excluding hydrogens is 234 g/mol. The molecule has 0 aromatic carbocycles. The van der Waals surface area contributed by atoms with Gasteiger partial charge < -0.3 is 10.4 Å². The molecule has 1 amide bonds. The molecule has 0 fully saturated rings. The summed E-state index contributed by atoms with van der Waals surface area (Å²) in [5.41, 5.74) is -0.416. The van der Waals surface area contributed by atoms with Crippen LogP contribution in [0.2, 0.25) is 10.3 Å². The fourth-order valence-electron chi connectivity index (χ4n) is 1.26. The van der Waals surface area contributed by atoms with Crippen LogP contribution in [0.15, 0.2) is 0 Å². The first-order chi connectivity index (χ1) is 6.52. The number of aromatic nitrogens is 1. The molecule has 1 aliphatic rings. The van der Waals surface area contributed by atoms with Gasteiger partial charge in [0.25, 0.3) is 5.91 Å². The molecule has 2 N–H and O–H groups in total. The fraction of sp³-hybridized carbons (Fsp3) is 0.143. The van der Waals surface area contributed by atoms with Crippen molar-refractivity contribution in [1.82, 2.24) is 10.3 Å². The summed E-state index contributed by atoms with van der Waals surface area (Å²) < 4.78 is 13.3. The quantitative estimate of drug-likeness (QED) is 0.667. The summed E-state index contributed by atoms with van der Waals surface area (Å²) in [5, 5.41) is 10.7. The van der Waals surface area contributed by atoms with Gasteiger partial charge in [-0.3, -0.25) is 4.79 Å². The van der Waals surface area contributed by atoms with Gasteiger partial charge in [-0.1, -0.05) is 23.2 Å². The Morgan fingerprint density at radius 2 is 2.07 bits per heavy atom. The minimum atomic E-state index is -1.42. The van der Waals surface area contributed by atoms with Crippen molar-refractivity contribution >= 4 is 29.1 Å². The van der Waals surface area contributed by atoms with E-state index in [0.717, 1.165) is 0 Å². The summed E-state index contributed by atoms with van der Waals surface area (Å²) in [5.74, 6) is -1.60. The van der Waals surface area contributed by atoms with Crippen LogP contribution in [0.5, 0.6) is 0 Å². The average molecular weight is 237 g/mol. The zero-order valence-electron chi connectivity index (χ0n) is 6.51. The topological polar surface area (TPSA) is 62.2 Å². The zero-order chi connectivity index (χ0) is 10.5. The predicted molar refractivity (Wildman–Crippen MR) is 46.6 cm³/mol. The number of hydrogen-bond donors (Lipinski definition) is 2. The highest BCUT2D eigenvalue weighted by molar-refractivity contribution is 6.35. The molecule has 14 heavy (non-hydrogen) atoms. The molecule has 1 aliphatic heterocycles. The summed E-state index contributed by atoms with van der Waals surface area (Å²) in [6, 6.07) is 0. The second kappa shape index (κ2) is 3.05. The number of carbonyl (C=O) groups excluding carboxylic acids is 1. The molecule has 0 saturated heterocycles. The van der Waals surface area contributed by atoms with Crippen LogP contribution in [0.3, 0.4) is 0 Å². The molecular formula is C7H3Cl2FN2O2. The van der Waals surface area contributed by atoms with Crippen LogP contribution in [-0.4, -0.2) is 16.0 Å². The van der Waals surface area contributed by atoms with Crippen molar-refractivity contribution in [2.45, 2.75) is 6.23 Å². The number of nitrogens with zero attached hydrogens (tertiary/aromatic N) is 1. The highest BCUT2D eigenvalue weighted by Crippen LogP contribution is 2.33. The van der Waals surface area contributed by atoms with Gasteiger partial charge in [0.1, 0.15) is 5.15 Å². The molecule has 0 saturated carbocycles. The van der Waals surface area contributed by atoms with E-state index in [1.54, 1.807) is 0 Å². The lowest BCUT2D eigenvalue weighted by Crippen LogP contribution is -2.18. The van der Waals surface area contributed by atoms with Crippen molar-refractivity contribution in [3.8, 4) is 0 Å². The Labute approximate surface area is 87.7 Å². The lowest BCUT2D eigenvalue weighted by atomic mass is 10.1. The average Bonchev–Trinajstić information content (AvgIpc) is 2.38. The number of fused-ring (bicyclic) bond motifs is 1. The molecule has 2 heterocycles. The summed E-state index contributed by atoms with van der Waals surface area (Å²) in [6.45, 7) is 0. The van der Waals surface area contributed by atoms with E-state index in [9.17, 15) is 14.3 Å². The van der Waals surface area contributed by atoms with Crippen LogP contribution < -0.4 is 5.32 Å². The van der Waals surface area contributed by atoms with E-state index in [1.165, 1.54) is 0 Å². The standard InChI is InChI=1S/C7H3Cl2FN2O2/c8-4-2-1(3(10)5(9)11-4)6(13)12-7(2)14/h6,13H,(H,12,14)/t6-/m1/s1. The van der Waals surface area contributed by atoms with Gasteiger partial charge in [0.05, 0.1) is 11.1 Å². The largest absolute Gasteiger partial charge is 0.369 e. The molecule has 0 radical (unpaired) electrons. The third kappa shape index (κ3) is 1.17. The Bertz CT molecular complexity index is 438. The number of hydrogen-bond acceptors (Lipinski definition) is 3. The van der Waals surface area contributed by atoms with Gasteiger partial charge in [-0.15, -0.1) is 0 Å². The smallest absolute Gasteiger partial charge is 0.257 e. The van der Waals surface area contributed by atoms with Crippen molar-refractivity contribution in [3.63, 3.8) is 0 Å². The molecule has 0 aliphatic carbocycles. The molecule has 0 spiro atoms. The molecule has 1 atom stereocenters. The first-order valence-corrected chi connectivity index (χ1v) is 4.31. The Hall–Kier alpha value is -0.910. The number of nitrogens with one attached hydrogen (secondary N) is 1. The lowest BCUT2D eigenvalue weighted by Gasteiger charge is -2.05. The number of rotatable bonds is 0. The van der Waals surface area contributed by atoms with Gasteiger partial charge in [-0.05, 0) is 0 Å². The highest BCUT2D eigenvalue weighted by atomic mass is 35.5. The monoisotopic (exact) mass is 236 g/mol. The van der Waals surface area contributed by atoms with E-state index in [2.05, 4.69) is 10.3 Å². The molecule has 2 rings (SSSR count). The van der Waals surface area contributed by atoms with E-state index >= 15 is 0 Å². The maximum Gasteiger partial charge on any atom is 0.257 e. The van der Waals surface area contributed by atoms with E-state index in [0.29, 0.717) is 0 Å². The molecule has 7 heteroatoms. The van der Waals surface area contributed by atoms with Crippen molar-refractivity contribution in [3.05, 3.63) is 27.3 Å². The predicted octanol–water partition coefficient (Wildman–Crippen LogP) is 1.26. The SMILES string of the molecule is O=C1N[C@H](O)c2c(F)c(Cl)nc(Cl)c21. The van der Waals surface area contributed by atoms with Gasteiger partial charge >= 0.3 is 0 Å². The van der Waals surface area contributed by atoms with Gasteiger partial charge in [0, 0.05) is 0 Å². The maximum absolute atomic E-state index is 13.3. The number of halogens is 3. The molecule has 0 unspecified atom stereocenters. The number of aliphatic hydroxyl groups is 1. The van der Waals surface area contributed by atoms with Gasteiger partial charge in [-0.2, -0.15) is 0 Å². The first kappa shape index (κ1) is 9.64. The van der Waals surface area contributed by atoms with Crippen molar-refractivity contribution in [2.75, 3.05) is 0 Å². The Morgan fingerprint density at radius 1 is 1.43 bits per heavy atom. The van der Waals surface area contributed by atoms with Crippen LogP contribution in [0.25, 0.3) is 0 Å². The fourth-order valence-corrected chi connectivity index (χ4v) is 1.77. The highest BCUT2D eigenvalue weighted by Gasteiger charge is 2.34. The first-order valence-electron chi connectivity index (χ1n) is 3.55. The maximum atomic E-state index is 13.3. The normalized spacial score (nSPS) is 19.4. The van der Waals surface area contributed by atoms with Gasteiger partial charge in [-0.25, -0.2) is 9.37 Å².